The van der Waals surface area contributed by atoms with Crippen molar-refractivity contribution in [2.75, 3.05) is 5.32 Å². The van der Waals surface area contributed by atoms with Gasteiger partial charge in [-0.1, -0.05) is 5.16 Å². The SMILES string of the molecule is Cc1cc(CNc2ccc(C(N)=O)nn2)on1. The molecule has 17 heavy (non-hydrogen) atoms. The van der Waals surface area contributed by atoms with Crippen LogP contribution in [0.3, 0.4) is 0 Å². The molecule has 0 saturated carbocycles. The zero-order valence-electron chi connectivity index (χ0n) is 9.17. The van der Waals surface area contributed by atoms with Crippen molar-refractivity contribution in [2.45, 2.75) is 13.5 Å². The van der Waals surface area contributed by atoms with Gasteiger partial charge in [0.25, 0.3) is 5.91 Å². The smallest absolute Gasteiger partial charge is 0.269 e. The third kappa shape index (κ3) is 2.77. The lowest BCUT2D eigenvalue weighted by Crippen LogP contribution is -2.14. The van der Waals surface area contributed by atoms with E-state index in [1.807, 2.05) is 13.0 Å². The van der Waals surface area contributed by atoms with Crippen molar-refractivity contribution >= 4 is 11.7 Å². The van der Waals surface area contributed by atoms with Crippen LogP contribution in [-0.4, -0.2) is 21.3 Å². The van der Waals surface area contributed by atoms with Crippen LogP contribution in [0.1, 0.15) is 21.9 Å². The van der Waals surface area contributed by atoms with Gasteiger partial charge >= 0.3 is 0 Å². The first-order valence-electron chi connectivity index (χ1n) is 4.95. The summed E-state index contributed by atoms with van der Waals surface area (Å²) in [5.74, 6) is 0.627. The molecule has 0 spiro atoms. The summed E-state index contributed by atoms with van der Waals surface area (Å²) < 4.78 is 5.01. The number of primary amides is 1. The number of nitrogens with one attached hydrogen (secondary N) is 1. The molecule has 0 aliphatic rings. The Balaban J connectivity index is 1.97. The predicted molar refractivity (Wildman–Crippen MR) is 59.1 cm³/mol. The maximum Gasteiger partial charge on any atom is 0.269 e. The molecular formula is C10H11N5O2. The van der Waals surface area contributed by atoms with Crippen molar-refractivity contribution in [1.29, 1.82) is 0 Å². The van der Waals surface area contributed by atoms with Gasteiger partial charge < -0.3 is 15.6 Å². The quantitative estimate of drug-likeness (QED) is 0.795. The second-order valence-corrected chi connectivity index (χ2v) is 3.46. The van der Waals surface area contributed by atoms with E-state index in [9.17, 15) is 4.79 Å². The van der Waals surface area contributed by atoms with Gasteiger partial charge in [0.05, 0.1) is 12.2 Å². The Morgan fingerprint density at radius 2 is 2.29 bits per heavy atom. The normalized spacial score (nSPS) is 10.2. The minimum Gasteiger partial charge on any atom is -0.364 e. The predicted octanol–water partition coefficient (Wildman–Crippen LogP) is 0.484. The fourth-order valence-electron chi connectivity index (χ4n) is 1.24. The van der Waals surface area contributed by atoms with E-state index in [1.165, 1.54) is 6.07 Å². The van der Waals surface area contributed by atoms with Gasteiger partial charge in [-0.3, -0.25) is 4.79 Å². The molecule has 0 unspecified atom stereocenters. The van der Waals surface area contributed by atoms with Crippen molar-refractivity contribution in [3.8, 4) is 0 Å². The molecule has 2 aromatic rings. The van der Waals surface area contributed by atoms with Crippen LogP contribution in [-0.2, 0) is 6.54 Å². The van der Waals surface area contributed by atoms with Crippen LogP contribution < -0.4 is 11.1 Å². The molecule has 1 amide bonds. The number of aromatic nitrogens is 3. The van der Waals surface area contributed by atoms with E-state index in [4.69, 9.17) is 10.3 Å². The van der Waals surface area contributed by atoms with Gasteiger partial charge in [-0.15, -0.1) is 10.2 Å². The van der Waals surface area contributed by atoms with Gasteiger partial charge in [0, 0.05) is 6.07 Å². The largest absolute Gasteiger partial charge is 0.364 e. The highest BCUT2D eigenvalue weighted by Gasteiger charge is 2.04. The van der Waals surface area contributed by atoms with E-state index < -0.39 is 5.91 Å². The molecule has 2 heterocycles. The van der Waals surface area contributed by atoms with Crippen molar-refractivity contribution < 1.29 is 9.32 Å². The van der Waals surface area contributed by atoms with Crippen LogP contribution in [0.2, 0.25) is 0 Å². The molecule has 2 rings (SSSR count). The first-order valence-corrected chi connectivity index (χ1v) is 4.95. The first kappa shape index (κ1) is 11.1. The summed E-state index contributed by atoms with van der Waals surface area (Å²) >= 11 is 0. The lowest BCUT2D eigenvalue weighted by Gasteiger charge is -2.01. The molecule has 0 atom stereocenters. The van der Waals surface area contributed by atoms with E-state index in [-0.39, 0.29) is 5.69 Å². The number of aryl methyl sites for hydroxylation is 1. The molecule has 0 aliphatic carbocycles. The van der Waals surface area contributed by atoms with Gasteiger partial charge in [-0.05, 0) is 19.1 Å². The van der Waals surface area contributed by atoms with Gasteiger partial charge in [0.1, 0.15) is 5.82 Å². The fraction of sp³-hybridized carbons (Fsp3) is 0.200. The van der Waals surface area contributed by atoms with E-state index in [2.05, 4.69) is 20.7 Å². The van der Waals surface area contributed by atoms with Crippen molar-refractivity contribution in [1.82, 2.24) is 15.4 Å². The molecule has 2 aromatic heterocycles. The Bertz CT molecular complexity index is 520. The van der Waals surface area contributed by atoms with Crippen LogP contribution in [0.5, 0.6) is 0 Å². The monoisotopic (exact) mass is 233 g/mol. The standard InChI is InChI=1S/C10H11N5O2/c1-6-4-7(17-15-6)5-12-9-3-2-8(10(11)16)13-14-9/h2-4H,5H2,1H3,(H2,11,16)(H,12,14). The Labute approximate surface area is 97.0 Å². The average Bonchev–Trinajstić information content (AvgIpc) is 2.73. The number of nitrogens with two attached hydrogens (primary N) is 1. The maximum absolute atomic E-state index is 10.8. The highest BCUT2D eigenvalue weighted by molar-refractivity contribution is 5.90. The Hall–Kier alpha value is -2.44. The van der Waals surface area contributed by atoms with Crippen LogP contribution in [0.15, 0.2) is 22.7 Å². The molecule has 0 fully saturated rings. The van der Waals surface area contributed by atoms with Gasteiger partial charge in [0.2, 0.25) is 0 Å². The lowest BCUT2D eigenvalue weighted by molar-refractivity contribution is 0.0994. The topological polar surface area (TPSA) is 107 Å². The van der Waals surface area contributed by atoms with Gasteiger partial charge in [-0.2, -0.15) is 0 Å². The summed E-state index contributed by atoms with van der Waals surface area (Å²) in [5.41, 5.74) is 5.99. The van der Waals surface area contributed by atoms with Crippen LogP contribution in [0.4, 0.5) is 5.82 Å². The van der Waals surface area contributed by atoms with Crippen LogP contribution in [0, 0.1) is 6.92 Å². The average molecular weight is 233 g/mol. The Morgan fingerprint density at radius 3 is 2.82 bits per heavy atom. The Kier molecular flexibility index (Phi) is 2.99. The van der Waals surface area contributed by atoms with E-state index in [1.54, 1.807) is 6.07 Å². The third-order valence-corrected chi connectivity index (χ3v) is 2.04. The summed E-state index contributed by atoms with van der Waals surface area (Å²) in [6.07, 6.45) is 0. The van der Waals surface area contributed by atoms with Gasteiger partial charge in [-0.25, -0.2) is 0 Å². The zero-order valence-corrected chi connectivity index (χ0v) is 9.17. The maximum atomic E-state index is 10.8. The number of nitrogens with zero attached hydrogens (tertiary/aromatic N) is 3. The zero-order chi connectivity index (χ0) is 12.3. The number of rotatable bonds is 4. The summed E-state index contributed by atoms with van der Waals surface area (Å²) in [4.78, 5) is 10.8. The van der Waals surface area contributed by atoms with Gasteiger partial charge in [0.15, 0.2) is 11.5 Å². The summed E-state index contributed by atoms with van der Waals surface area (Å²) in [5, 5.41) is 14.2. The fourth-order valence-corrected chi connectivity index (χ4v) is 1.24. The van der Waals surface area contributed by atoms with Crippen molar-refractivity contribution in [3.63, 3.8) is 0 Å². The third-order valence-electron chi connectivity index (χ3n) is 2.04. The van der Waals surface area contributed by atoms with E-state index in [0.717, 1.165) is 5.69 Å². The van der Waals surface area contributed by atoms with E-state index in [0.29, 0.717) is 18.1 Å². The van der Waals surface area contributed by atoms with Crippen molar-refractivity contribution in [2.24, 2.45) is 5.73 Å². The minimum atomic E-state index is -0.602. The number of anilines is 1. The van der Waals surface area contributed by atoms with Crippen LogP contribution >= 0.6 is 0 Å². The number of hydrogen-bond donors (Lipinski definition) is 2. The number of carbonyl (C=O) groups excluding carboxylic acids is 1. The highest BCUT2D eigenvalue weighted by atomic mass is 16.5. The number of carbonyl (C=O) groups is 1. The second kappa shape index (κ2) is 4.60. The first-order chi connectivity index (χ1) is 8.15. The van der Waals surface area contributed by atoms with E-state index >= 15 is 0 Å². The molecule has 0 bridgehead atoms. The molecule has 88 valence electrons. The highest BCUT2D eigenvalue weighted by Crippen LogP contribution is 2.06. The molecular weight excluding hydrogens is 222 g/mol. The molecule has 0 radical (unpaired) electrons. The summed E-state index contributed by atoms with van der Waals surface area (Å²) in [6, 6.07) is 4.94. The second-order valence-electron chi connectivity index (χ2n) is 3.46. The lowest BCUT2D eigenvalue weighted by atomic mass is 10.3. The van der Waals surface area contributed by atoms with Crippen molar-refractivity contribution in [3.05, 3.63) is 35.3 Å². The molecule has 0 aromatic carbocycles. The molecule has 0 aliphatic heterocycles. The molecule has 3 N–H and O–H groups in total. The molecule has 7 nitrogen and oxygen atoms in total. The van der Waals surface area contributed by atoms with Crippen LogP contribution in [0.25, 0.3) is 0 Å². The molecule has 7 heteroatoms. The number of hydrogen-bond acceptors (Lipinski definition) is 6. The Morgan fingerprint density at radius 1 is 1.47 bits per heavy atom. The summed E-state index contributed by atoms with van der Waals surface area (Å²) in [6.45, 7) is 2.29. The molecule has 0 saturated heterocycles. The minimum absolute atomic E-state index is 0.131. The summed E-state index contributed by atoms with van der Waals surface area (Å²) in [7, 11) is 0. The number of amides is 1.